The van der Waals surface area contributed by atoms with Crippen molar-refractivity contribution < 1.29 is 19.1 Å². The van der Waals surface area contributed by atoms with Gasteiger partial charge in [-0.25, -0.2) is 4.79 Å². The van der Waals surface area contributed by atoms with Gasteiger partial charge in [-0.05, 0) is 38.8 Å². The zero-order valence-electron chi connectivity index (χ0n) is 15.4. The van der Waals surface area contributed by atoms with E-state index in [1.165, 1.54) is 4.90 Å². The maximum absolute atomic E-state index is 12.6. The molecule has 0 bridgehead atoms. The highest BCUT2D eigenvalue weighted by Crippen LogP contribution is 2.19. The number of nitrogens with zero attached hydrogens (tertiary/aromatic N) is 2. The van der Waals surface area contributed by atoms with Gasteiger partial charge in [-0.15, -0.1) is 0 Å². The fourth-order valence-corrected chi connectivity index (χ4v) is 2.74. The second kappa shape index (κ2) is 7.68. The zero-order valence-corrected chi connectivity index (χ0v) is 15.4. The van der Waals surface area contributed by atoms with Gasteiger partial charge in [0.2, 0.25) is 5.91 Å². The first-order chi connectivity index (χ1) is 11.7. The molecule has 0 aliphatic carbocycles. The molecule has 2 rings (SSSR count). The van der Waals surface area contributed by atoms with E-state index in [1.807, 2.05) is 33.8 Å². The summed E-state index contributed by atoms with van der Waals surface area (Å²) in [5, 5.41) is 0. The Balaban J connectivity index is 2.06. The third-order valence-electron chi connectivity index (χ3n) is 3.87. The molecule has 136 valence electrons. The van der Waals surface area contributed by atoms with E-state index in [4.69, 9.17) is 4.74 Å². The van der Waals surface area contributed by atoms with Gasteiger partial charge >= 0.3 is 6.09 Å². The van der Waals surface area contributed by atoms with E-state index >= 15 is 0 Å². The Morgan fingerprint density at radius 3 is 2.52 bits per heavy atom. The molecule has 1 aromatic rings. The van der Waals surface area contributed by atoms with Gasteiger partial charge in [-0.2, -0.15) is 0 Å². The van der Waals surface area contributed by atoms with Gasteiger partial charge in [0, 0.05) is 25.2 Å². The van der Waals surface area contributed by atoms with E-state index in [9.17, 15) is 14.4 Å². The Hall–Kier alpha value is -2.37. The Morgan fingerprint density at radius 1 is 1.20 bits per heavy atom. The predicted octanol–water partition coefficient (Wildman–Crippen LogP) is 2.86. The summed E-state index contributed by atoms with van der Waals surface area (Å²) >= 11 is 0. The number of benzene rings is 1. The number of carbonyl (C=O) groups excluding carboxylic acids is 3. The molecule has 0 spiro atoms. The minimum absolute atomic E-state index is 0.172. The van der Waals surface area contributed by atoms with Crippen molar-refractivity contribution in [1.29, 1.82) is 0 Å². The Kier molecular flexibility index (Phi) is 5.82. The Bertz CT molecular complexity index is 664. The van der Waals surface area contributed by atoms with Crippen molar-refractivity contribution in [3.63, 3.8) is 0 Å². The minimum atomic E-state index is -0.585. The van der Waals surface area contributed by atoms with Crippen LogP contribution in [0.15, 0.2) is 24.3 Å². The molecule has 1 aliphatic heterocycles. The lowest BCUT2D eigenvalue weighted by Gasteiger charge is -2.31. The smallest absolute Gasteiger partial charge is 0.410 e. The van der Waals surface area contributed by atoms with Crippen LogP contribution in [0.25, 0.3) is 0 Å². The molecule has 0 fully saturated rings. The summed E-state index contributed by atoms with van der Waals surface area (Å²) in [7, 11) is 0. The van der Waals surface area contributed by atoms with Crippen molar-refractivity contribution in [2.24, 2.45) is 0 Å². The first kappa shape index (κ1) is 19.0. The fourth-order valence-electron chi connectivity index (χ4n) is 2.74. The lowest BCUT2D eigenvalue weighted by molar-refractivity contribution is -0.128. The summed E-state index contributed by atoms with van der Waals surface area (Å²) in [5.74, 6) is -0.531. The van der Waals surface area contributed by atoms with Crippen LogP contribution in [0, 0.1) is 0 Å². The molecule has 1 aromatic carbocycles. The molecule has 3 amide bonds. The van der Waals surface area contributed by atoms with E-state index < -0.39 is 11.7 Å². The standard InChI is InChI=1S/C19H26N2O4/c1-5-10-20(18(24)25-19(2,3)4)11-12-21-16(22)13-14-8-6-7-9-15(14)17(21)23/h6-9H,5,10-13H2,1-4H3. The zero-order chi connectivity index (χ0) is 18.6. The highest BCUT2D eigenvalue weighted by Gasteiger charge is 2.31. The average Bonchev–Trinajstić information content (AvgIpc) is 2.52. The fraction of sp³-hybridized carbons (Fsp3) is 0.526. The third kappa shape index (κ3) is 4.81. The van der Waals surface area contributed by atoms with Gasteiger partial charge in [-0.3, -0.25) is 14.5 Å². The summed E-state index contributed by atoms with van der Waals surface area (Å²) in [6.07, 6.45) is 0.554. The summed E-state index contributed by atoms with van der Waals surface area (Å²) in [4.78, 5) is 40.0. The molecule has 0 N–H and O–H groups in total. The molecule has 25 heavy (non-hydrogen) atoms. The molecular weight excluding hydrogens is 320 g/mol. The lowest BCUT2D eigenvalue weighted by Crippen LogP contribution is -2.47. The van der Waals surface area contributed by atoms with Crippen LogP contribution in [-0.2, 0) is 16.0 Å². The number of fused-ring (bicyclic) bond motifs is 1. The average molecular weight is 346 g/mol. The van der Waals surface area contributed by atoms with E-state index in [2.05, 4.69) is 0 Å². The summed E-state index contributed by atoms with van der Waals surface area (Å²) < 4.78 is 5.40. The SMILES string of the molecule is CCCN(CCN1C(=O)Cc2ccccc2C1=O)C(=O)OC(C)(C)C. The second-order valence-electron chi connectivity index (χ2n) is 7.15. The molecule has 0 radical (unpaired) electrons. The Labute approximate surface area is 148 Å². The molecule has 0 aromatic heterocycles. The summed E-state index contributed by atoms with van der Waals surface area (Å²) in [5.41, 5.74) is 0.728. The van der Waals surface area contributed by atoms with E-state index in [-0.39, 0.29) is 31.3 Å². The number of hydrogen-bond donors (Lipinski definition) is 0. The molecule has 6 nitrogen and oxygen atoms in total. The van der Waals surface area contributed by atoms with Gasteiger partial charge in [0.15, 0.2) is 0 Å². The molecule has 0 saturated carbocycles. The second-order valence-corrected chi connectivity index (χ2v) is 7.15. The molecular formula is C19H26N2O4. The minimum Gasteiger partial charge on any atom is -0.444 e. The van der Waals surface area contributed by atoms with Gasteiger partial charge < -0.3 is 9.64 Å². The number of amides is 3. The lowest BCUT2D eigenvalue weighted by atomic mass is 9.98. The van der Waals surface area contributed by atoms with Gasteiger partial charge in [0.05, 0.1) is 6.42 Å². The maximum atomic E-state index is 12.6. The van der Waals surface area contributed by atoms with Crippen molar-refractivity contribution in [3.05, 3.63) is 35.4 Å². The monoisotopic (exact) mass is 346 g/mol. The molecule has 6 heteroatoms. The molecule has 0 atom stereocenters. The molecule has 1 aliphatic rings. The van der Waals surface area contributed by atoms with E-state index in [1.54, 1.807) is 23.1 Å². The molecule has 0 unspecified atom stereocenters. The number of rotatable bonds is 5. The normalized spacial score (nSPS) is 14.3. The highest BCUT2D eigenvalue weighted by atomic mass is 16.6. The van der Waals surface area contributed by atoms with Crippen LogP contribution in [0.5, 0.6) is 0 Å². The third-order valence-corrected chi connectivity index (χ3v) is 3.87. The van der Waals surface area contributed by atoms with Crippen LogP contribution in [0.4, 0.5) is 4.79 Å². The van der Waals surface area contributed by atoms with Gasteiger partial charge in [-0.1, -0.05) is 25.1 Å². The number of ether oxygens (including phenoxy) is 1. The largest absolute Gasteiger partial charge is 0.444 e. The van der Waals surface area contributed by atoms with Gasteiger partial charge in [0.25, 0.3) is 5.91 Å². The van der Waals surface area contributed by atoms with Crippen LogP contribution in [0.2, 0.25) is 0 Å². The number of carbonyl (C=O) groups is 3. The van der Waals surface area contributed by atoms with Crippen molar-refractivity contribution in [2.75, 3.05) is 19.6 Å². The number of imide groups is 1. The maximum Gasteiger partial charge on any atom is 0.410 e. The quantitative estimate of drug-likeness (QED) is 0.769. The van der Waals surface area contributed by atoms with Crippen LogP contribution in [-0.4, -0.2) is 52.9 Å². The predicted molar refractivity (Wildman–Crippen MR) is 94.3 cm³/mol. The number of hydrogen-bond acceptors (Lipinski definition) is 4. The van der Waals surface area contributed by atoms with Crippen LogP contribution in [0.1, 0.15) is 50.0 Å². The van der Waals surface area contributed by atoms with E-state index in [0.29, 0.717) is 12.1 Å². The van der Waals surface area contributed by atoms with Crippen LogP contribution >= 0.6 is 0 Å². The summed E-state index contributed by atoms with van der Waals surface area (Å²) in [6.45, 7) is 8.34. The van der Waals surface area contributed by atoms with Crippen molar-refractivity contribution in [3.8, 4) is 0 Å². The summed E-state index contributed by atoms with van der Waals surface area (Å²) in [6, 6.07) is 7.14. The van der Waals surface area contributed by atoms with Crippen LogP contribution in [0.3, 0.4) is 0 Å². The van der Waals surface area contributed by atoms with Crippen LogP contribution < -0.4 is 0 Å². The molecule has 0 saturated heterocycles. The van der Waals surface area contributed by atoms with Crippen molar-refractivity contribution in [1.82, 2.24) is 9.80 Å². The first-order valence-electron chi connectivity index (χ1n) is 8.63. The Morgan fingerprint density at radius 2 is 1.88 bits per heavy atom. The van der Waals surface area contributed by atoms with Crippen molar-refractivity contribution >= 4 is 17.9 Å². The van der Waals surface area contributed by atoms with Gasteiger partial charge in [0.1, 0.15) is 5.60 Å². The molecule has 1 heterocycles. The van der Waals surface area contributed by atoms with Crippen molar-refractivity contribution in [2.45, 2.75) is 46.1 Å². The first-order valence-corrected chi connectivity index (χ1v) is 8.63. The topological polar surface area (TPSA) is 66.9 Å². The highest BCUT2D eigenvalue weighted by molar-refractivity contribution is 6.09. The van der Waals surface area contributed by atoms with E-state index in [0.717, 1.165) is 12.0 Å².